The lowest BCUT2D eigenvalue weighted by atomic mass is 10.2. The molecule has 1 aromatic heterocycles. The van der Waals surface area contributed by atoms with Crippen LogP contribution in [0, 0.1) is 5.82 Å². The van der Waals surface area contributed by atoms with Gasteiger partial charge in [-0.15, -0.1) is 16.8 Å². The summed E-state index contributed by atoms with van der Waals surface area (Å²) in [7, 11) is 0. The quantitative estimate of drug-likeness (QED) is 0.412. The minimum absolute atomic E-state index is 0.235. The number of para-hydroxylation sites is 1. The van der Waals surface area contributed by atoms with E-state index in [0.717, 1.165) is 22.3 Å². The number of hydrogen-bond acceptors (Lipinski definition) is 4. The predicted molar refractivity (Wildman–Crippen MR) is 102 cm³/mol. The molecule has 134 valence electrons. The van der Waals surface area contributed by atoms with Crippen LogP contribution in [0.3, 0.4) is 0 Å². The van der Waals surface area contributed by atoms with Crippen molar-refractivity contribution in [3.05, 3.63) is 84.5 Å². The normalized spacial score (nSPS) is 11.9. The van der Waals surface area contributed by atoms with Gasteiger partial charge in [0.25, 0.3) is 0 Å². The van der Waals surface area contributed by atoms with Crippen molar-refractivity contribution in [1.82, 2.24) is 14.8 Å². The van der Waals surface area contributed by atoms with Crippen molar-refractivity contribution < 1.29 is 9.13 Å². The van der Waals surface area contributed by atoms with Crippen molar-refractivity contribution in [2.75, 3.05) is 0 Å². The summed E-state index contributed by atoms with van der Waals surface area (Å²) in [5.74, 6) is 1.89. The van der Waals surface area contributed by atoms with Gasteiger partial charge < -0.3 is 4.74 Å². The molecule has 0 fully saturated rings. The maximum atomic E-state index is 13.3. The Morgan fingerprint density at radius 1 is 1.19 bits per heavy atom. The van der Waals surface area contributed by atoms with Crippen LogP contribution in [-0.2, 0) is 12.3 Å². The van der Waals surface area contributed by atoms with Gasteiger partial charge >= 0.3 is 0 Å². The number of ether oxygens (including phenoxy) is 1. The number of rotatable bonds is 8. The summed E-state index contributed by atoms with van der Waals surface area (Å²) >= 11 is 1.51. The molecule has 0 spiro atoms. The molecule has 0 radical (unpaired) electrons. The van der Waals surface area contributed by atoms with Crippen LogP contribution in [0.2, 0.25) is 0 Å². The molecule has 0 N–H and O–H groups in total. The number of thioether (sulfide) groups is 1. The highest BCUT2D eigenvalue weighted by Gasteiger charge is 2.19. The molecule has 0 saturated carbocycles. The van der Waals surface area contributed by atoms with Crippen LogP contribution in [0.25, 0.3) is 0 Å². The third-order valence-electron chi connectivity index (χ3n) is 3.73. The van der Waals surface area contributed by atoms with Gasteiger partial charge in [0.1, 0.15) is 11.6 Å². The minimum Gasteiger partial charge on any atom is -0.483 e. The van der Waals surface area contributed by atoms with E-state index in [1.807, 2.05) is 47.9 Å². The van der Waals surface area contributed by atoms with Crippen molar-refractivity contribution in [2.24, 2.45) is 0 Å². The zero-order valence-electron chi connectivity index (χ0n) is 14.5. The van der Waals surface area contributed by atoms with E-state index in [1.165, 1.54) is 23.9 Å². The van der Waals surface area contributed by atoms with Crippen LogP contribution < -0.4 is 4.74 Å². The molecule has 3 rings (SSSR count). The van der Waals surface area contributed by atoms with Gasteiger partial charge in [0, 0.05) is 12.3 Å². The highest BCUT2D eigenvalue weighted by Crippen LogP contribution is 2.26. The van der Waals surface area contributed by atoms with Crippen molar-refractivity contribution in [3.63, 3.8) is 0 Å². The summed E-state index contributed by atoms with van der Waals surface area (Å²) in [6.07, 6.45) is 1.54. The highest BCUT2D eigenvalue weighted by atomic mass is 32.2. The molecular weight excluding hydrogens is 349 g/mol. The molecule has 1 heterocycles. The summed E-state index contributed by atoms with van der Waals surface area (Å²) in [5.41, 5.74) is 0.901. The topological polar surface area (TPSA) is 39.9 Å². The molecule has 4 nitrogen and oxygen atoms in total. The van der Waals surface area contributed by atoms with Gasteiger partial charge in [-0.25, -0.2) is 4.39 Å². The third-order valence-corrected chi connectivity index (χ3v) is 4.77. The zero-order valence-corrected chi connectivity index (χ0v) is 15.3. The van der Waals surface area contributed by atoms with Crippen molar-refractivity contribution in [3.8, 4) is 5.75 Å². The van der Waals surface area contributed by atoms with Gasteiger partial charge in [-0.2, -0.15) is 0 Å². The van der Waals surface area contributed by atoms with Gasteiger partial charge in [-0.05, 0) is 36.8 Å². The van der Waals surface area contributed by atoms with Crippen molar-refractivity contribution in [2.45, 2.75) is 30.5 Å². The Morgan fingerprint density at radius 3 is 2.73 bits per heavy atom. The fourth-order valence-corrected chi connectivity index (χ4v) is 3.44. The Bertz CT molecular complexity index is 867. The van der Waals surface area contributed by atoms with E-state index in [2.05, 4.69) is 16.8 Å². The van der Waals surface area contributed by atoms with Crippen LogP contribution in [0.1, 0.15) is 24.4 Å². The Morgan fingerprint density at radius 2 is 2.00 bits per heavy atom. The molecule has 0 aliphatic rings. The molecule has 6 heteroatoms. The van der Waals surface area contributed by atoms with E-state index in [4.69, 9.17) is 4.74 Å². The second-order valence-corrected chi connectivity index (χ2v) is 6.67. The fraction of sp³-hybridized carbons (Fsp3) is 0.200. The molecule has 1 unspecified atom stereocenters. The van der Waals surface area contributed by atoms with E-state index in [-0.39, 0.29) is 11.9 Å². The number of nitrogens with zero attached hydrogens (tertiary/aromatic N) is 3. The molecule has 26 heavy (non-hydrogen) atoms. The minimum atomic E-state index is -0.256. The second kappa shape index (κ2) is 8.67. The first-order chi connectivity index (χ1) is 12.7. The average molecular weight is 369 g/mol. The molecule has 0 aliphatic carbocycles. The van der Waals surface area contributed by atoms with E-state index in [1.54, 1.807) is 12.1 Å². The van der Waals surface area contributed by atoms with E-state index in [9.17, 15) is 4.39 Å². The maximum Gasteiger partial charge on any atom is 0.191 e. The van der Waals surface area contributed by atoms with Gasteiger partial charge in [-0.3, -0.25) is 4.57 Å². The first kappa shape index (κ1) is 18.2. The monoisotopic (exact) mass is 369 g/mol. The molecule has 2 aromatic carbocycles. The smallest absolute Gasteiger partial charge is 0.191 e. The molecule has 3 aromatic rings. The fourth-order valence-electron chi connectivity index (χ4n) is 2.54. The average Bonchev–Trinajstić information content (AvgIpc) is 3.04. The van der Waals surface area contributed by atoms with E-state index < -0.39 is 0 Å². The largest absolute Gasteiger partial charge is 0.483 e. The molecule has 1 atom stereocenters. The Hall–Kier alpha value is -2.60. The summed E-state index contributed by atoms with van der Waals surface area (Å²) in [6.45, 7) is 6.34. The summed E-state index contributed by atoms with van der Waals surface area (Å²) in [4.78, 5) is 0. The summed E-state index contributed by atoms with van der Waals surface area (Å²) in [6, 6.07) is 16.2. The van der Waals surface area contributed by atoms with Gasteiger partial charge in [0.05, 0.1) is 0 Å². The van der Waals surface area contributed by atoms with Crippen molar-refractivity contribution in [1.29, 1.82) is 0 Å². The molecule has 0 bridgehead atoms. The van der Waals surface area contributed by atoms with Crippen LogP contribution in [-0.4, -0.2) is 14.8 Å². The van der Waals surface area contributed by atoms with E-state index >= 15 is 0 Å². The Labute approximate surface area is 156 Å². The van der Waals surface area contributed by atoms with Crippen LogP contribution in [0.4, 0.5) is 4.39 Å². The lowest BCUT2D eigenvalue weighted by Gasteiger charge is -2.15. The van der Waals surface area contributed by atoms with Gasteiger partial charge in [-0.1, -0.05) is 48.2 Å². The van der Waals surface area contributed by atoms with Crippen molar-refractivity contribution >= 4 is 11.8 Å². The second-order valence-electron chi connectivity index (χ2n) is 5.73. The number of aromatic nitrogens is 3. The molecule has 0 saturated heterocycles. The van der Waals surface area contributed by atoms with E-state index in [0.29, 0.717) is 12.3 Å². The van der Waals surface area contributed by atoms with Crippen LogP contribution in [0.15, 0.2) is 72.4 Å². The van der Waals surface area contributed by atoms with Crippen LogP contribution >= 0.6 is 11.8 Å². The lowest BCUT2D eigenvalue weighted by molar-refractivity contribution is 0.210. The number of benzene rings is 2. The molecule has 0 amide bonds. The number of hydrogen-bond donors (Lipinski definition) is 0. The highest BCUT2D eigenvalue weighted by molar-refractivity contribution is 7.98. The number of allylic oxidation sites excluding steroid dienone is 1. The Kier molecular flexibility index (Phi) is 6.07. The first-order valence-corrected chi connectivity index (χ1v) is 9.29. The van der Waals surface area contributed by atoms with Gasteiger partial charge in [0.2, 0.25) is 0 Å². The molecule has 0 aliphatic heterocycles. The molecular formula is C20H20FN3OS. The van der Waals surface area contributed by atoms with Gasteiger partial charge in [0.15, 0.2) is 17.1 Å². The first-order valence-electron chi connectivity index (χ1n) is 8.30. The summed E-state index contributed by atoms with van der Waals surface area (Å²) in [5, 5.41) is 9.35. The Balaban J connectivity index is 1.75. The maximum absolute atomic E-state index is 13.3. The predicted octanol–water partition coefficient (Wildman–Crippen LogP) is 5.04. The zero-order chi connectivity index (χ0) is 18.4. The summed E-state index contributed by atoms with van der Waals surface area (Å²) < 4.78 is 21.3. The third kappa shape index (κ3) is 4.52. The lowest BCUT2D eigenvalue weighted by Crippen LogP contribution is -2.12. The number of halogens is 1. The SMILES string of the molecule is C=CCn1c(SCc2cccc(F)c2)nnc1C(C)Oc1ccccc1. The van der Waals surface area contributed by atoms with Crippen LogP contribution in [0.5, 0.6) is 5.75 Å². The standard InChI is InChI=1S/C20H20FN3OS/c1-3-12-24-19(15(2)25-18-10-5-4-6-11-18)22-23-20(24)26-14-16-8-7-9-17(21)13-16/h3-11,13,15H,1,12,14H2,2H3.